The molecule has 1 aromatic heterocycles. The Morgan fingerprint density at radius 1 is 1.00 bits per heavy atom. The number of benzene rings is 2. The molecule has 0 saturated carbocycles. The molecule has 1 heterocycles. The summed E-state index contributed by atoms with van der Waals surface area (Å²) in [5.74, 6) is 0.221. The fourth-order valence-corrected chi connectivity index (χ4v) is 3.03. The van der Waals surface area contributed by atoms with Crippen molar-refractivity contribution < 1.29 is 18.7 Å². The van der Waals surface area contributed by atoms with Crippen molar-refractivity contribution in [1.29, 1.82) is 0 Å². The minimum absolute atomic E-state index is 0.0898. The summed E-state index contributed by atoms with van der Waals surface area (Å²) in [6, 6.07) is 16.4. The molecule has 6 heteroatoms. The van der Waals surface area contributed by atoms with Gasteiger partial charge in [-0.15, -0.1) is 0 Å². The van der Waals surface area contributed by atoms with Crippen molar-refractivity contribution in [3.05, 3.63) is 83.4 Å². The van der Waals surface area contributed by atoms with Crippen LogP contribution in [-0.2, 0) is 4.74 Å². The first-order chi connectivity index (χ1) is 14.3. The van der Waals surface area contributed by atoms with E-state index in [2.05, 4.69) is 10.3 Å². The van der Waals surface area contributed by atoms with Gasteiger partial charge in [-0.2, -0.15) is 0 Å². The number of aryl methyl sites for hydroxylation is 1. The molecule has 3 rings (SSSR count). The maximum Gasteiger partial charge on any atom is 0.257 e. The fourth-order valence-electron chi connectivity index (χ4n) is 3.03. The summed E-state index contributed by atoms with van der Waals surface area (Å²) in [6.45, 7) is 7.67. The first kappa shape index (κ1) is 21.5. The predicted molar refractivity (Wildman–Crippen MR) is 114 cm³/mol. The quantitative estimate of drug-likeness (QED) is 0.516. The Hall–Kier alpha value is -3.25. The molecule has 30 heavy (non-hydrogen) atoms. The summed E-state index contributed by atoms with van der Waals surface area (Å²) in [7, 11) is 0. The number of nitrogens with zero attached hydrogens (tertiary/aromatic N) is 1. The number of ether oxygens (including phenoxy) is 2. The van der Waals surface area contributed by atoms with E-state index in [1.54, 1.807) is 55.5 Å². The highest BCUT2D eigenvalue weighted by atomic mass is 19.1. The highest BCUT2D eigenvalue weighted by molar-refractivity contribution is 6.05. The summed E-state index contributed by atoms with van der Waals surface area (Å²) < 4.78 is 24.8. The second-order valence-electron chi connectivity index (χ2n) is 7.24. The lowest BCUT2D eigenvalue weighted by Gasteiger charge is -2.17. The molecule has 0 aliphatic carbocycles. The van der Waals surface area contributed by atoms with E-state index in [9.17, 15) is 9.18 Å². The van der Waals surface area contributed by atoms with Gasteiger partial charge in [0.25, 0.3) is 5.91 Å². The molecule has 0 radical (unpaired) electrons. The average Bonchev–Trinajstić information content (AvgIpc) is 2.67. The zero-order valence-corrected chi connectivity index (χ0v) is 17.5. The normalized spacial score (nSPS) is 11.9. The van der Waals surface area contributed by atoms with Crippen LogP contribution in [0.2, 0.25) is 0 Å². The molecule has 0 spiro atoms. The molecule has 0 bridgehead atoms. The molecule has 3 aromatic rings. The molecule has 1 amide bonds. The number of carbonyl (C=O) groups is 1. The van der Waals surface area contributed by atoms with E-state index < -0.39 is 0 Å². The molecule has 5 nitrogen and oxygen atoms in total. The molecule has 0 saturated heterocycles. The lowest BCUT2D eigenvalue weighted by molar-refractivity contribution is 0.0154. The summed E-state index contributed by atoms with van der Waals surface area (Å²) in [5.41, 5.74) is 2.44. The zero-order valence-electron chi connectivity index (χ0n) is 17.5. The number of aromatic nitrogens is 1. The minimum Gasteiger partial charge on any atom is -0.457 e. The van der Waals surface area contributed by atoms with Gasteiger partial charge in [0.1, 0.15) is 17.3 Å². The second kappa shape index (κ2) is 9.50. The number of nitrogens with one attached hydrogen (secondary N) is 1. The monoisotopic (exact) mass is 408 g/mol. The van der Waals surface area contributed by atoms with Gasteiger partial charge in [0.2, 0.25) is 0 Å². The van der Waals surface area contributed by atoms with E-state index in [1.807, 2.05) is 20.8 Å². The van der Waals surface area contributed by atoms with Crippen LogP contribution in [0.4, 0.5) is 10.1 Å². The largest absolute Gasteiger partial charge is 0.457 e. The van der Waals surface area contributed by atoms with Crippen LogP contribution in [-0.4, -0.2) is 17.0 Å². The number of halogens is 1. The van der Waals surface area contributed by atoms with Crippen LogP contribution in [0.25, 0.3) is 0 Å². The van der Waals surface area contributed by atoms with Crippen molar-refractivity contribution in [1.82, 2.24) is 4.98 Å². The molecule has 0 fully saturated rings. The maximum absolute atomic E-state index is 13.3. The third-order valence-electron chi connectivity index (χ3n) is 4.37. The Morgan fingerprint density at radius 2 is 1.70 bits per heavy atom. The Balaban J connectivity index is 1.71. The van der Waals surface area contributed by atoms with Crippen molar-refractivity contribution in [3.8, 4) is 11.5 Å². The molecule has 156 valence electrons. The number of hydrogen-bond donors (Lipinski definition) is 1. The van der Waals surface area contributed by atoms with E-state index in [0.717, 1.165) is 5.69 Å². The minimum atomic E-state index is -0.378. The number of amides is 1. The second-order valence-corrected chi connectivity index (χ2v) is 7.24. The lowest BCUT2D eigenvalue weighted by atomic mass is 10.1. The summed E-state index contributed by atoms with van der Waals surface area (Å²) in [5, 5.41) is 2.85. The predicted octanol–water partition coefficient (Wildman–Crippen LogP) is 6.06. The Morgan fingerprint density at radius 3 is 2.37 bits per heavy atom. The maximum atomic E-state index is 13.3. The van der Waals surface area contributed by atoms with Gasteiger partial charge < -0.3 is 14.8 Å². The summed E-state index contributed by atoms with van der Waals surface area (Å²) in [4.78, 5) is 17.3. The fraction of sp³-hybridized carbons (Fsp3) is 0.250. The summed E-state index contributed by atoms with van der Waals surface area (Å²) in [6.07, 6.45) is -0.0654. The van der Waals surface area contributed by atoms with Gasteiger partial charge >= 0.3 is 0 Å². The molecular weight excluding hydrogens is 383 g/mol. The molecule has 0 aliphatic rings. The van der Waals surface area contributed by atoms with Crippen LogP contribution in [0.15, 0.2) is 60.7 Å². The first-order valence-corrected chi connectivity index (χ1v) is 9.79. The molecule has 2 aromatic carbocycles. The lowest BCUT2D eigenvalue weighted by Crippen LogP contribution is -2.16. The Kier molecular flexibility index (Phi) is 6.79. The summed E-state index contributed by atoms with van der Waals surface area (Å²) >= 11 is 0. The third-order valence-corrected chi connectivity index (χ3v) is 4.37. The van der Waals surface area contributed by atoms with Gasteiger partial charge in [0.15, 0.2) is 0 Å². The van der Waals surface area contributed by atoms with Crippen molar-refractivity contribution >= 4 is 11.6 Å². The van der Waals surface area contributed by atoms with Crippen molar-refractivity contribution in [3.63, 3.8) is 0 Å². The first-order valence-electron chi connectivity index (χ1n) is 9.79. The van der Waals surface area contributed by atoms with Gasteiger partial charge in [-0.1, -0.05) is 12.1 Å². The number of carbonyl (C=O) groups excluding carboxylic acids is 1. The van der Waals surface area contributed by atoms with Crippen LogP contribution in [0.1, 0.15) is 48.6 Å². The van der Waals surface area contributed by atoms with E-state index in [-0.39, 0.29) is 23.9 Å². The molecular formula is C24H25FN2O3. The van der Waals surface area contributed by atoms with E-state index in [4.69, 9.17) is 9.47 Å². The zero-order chi connectivity index (χ0) is 21.7. The van der Waals surface area contributed by atoms with Crippen LogP contribution in [0.3, 0.4) is 0 Å². The number of rotatable bonds is 7. The molecule has 1 N–H and O–H groups in total. The van der Waals surface area contributed by atoms with Crippen LogP contribution in [0.5, 0.6) is 11.5 Å². The molecule has 1 unspecified atom stereocenters. The van der Waals surface area contributed by atoms with E-state index >= 15 is 0 Å². The average molecular weight is 408 g/mol. The van der Waals surface area contributed by atoms with Gasteiger partial charge in [-0.05, 0) is 64.1 Å². The van der Waals surface area contributed by atoms with Crippen molar-refractivity contribution in [2.24, 2.45) is 0 Å². The van der Waals surface area contributed by atoms with Gasteiger partial charge in [-0.3, -0.25) is 9.78 Å². The van der Waals surface area contributed by atoms with Crippen LogP contribution in [0, 0.1) is 12.7 Å². The van der Waals surface area contributed by atoms with Crippen LogP contribution < -0.4 is 10.1 Å². The van der Waals surface area contributed by atoms with E-state index in [1.165, 1.54) is 12.1 Å². The van der Waals surface area contributed by atoms with Crippen LogP contribution >= 0.6 is 0 Å². The van der Waals surface area contributed by atoms with Crippen molar-refractivity contribution in [2.45, 2.75) is 39.9 Å². The standard InChI is InChI=1S/C24H25FN2O3/c1-15(2)29-17(4)23-12-11-22(16(3)26-23)24(28)27-19-8-6-10-21(14-19)30-20-9-5-7-18(25)13-20/h5-15,17H,1-4H3,(H,27,28). The smallest absolute Gasteiger partial charge is 0.257 e. The van der Waals surface area contributed by atoms with Gasteiger partial charge in [0.05, 0.1) is 29.2 Å². The number of pyridine rings is 1. The van der Waals surface area contributed by atoms with Crippen molar-refractivity contribution in [2.75, 3.05) is 5.32 Å². The van der Waals surface area contributed by atoms with E-state index in [0.29, 0.717) is 28.4 Å². The third kappa shape index (κ3) is 5.64. The highest BCUT2D eigenvalue weighted by Gasteiger charge is 2.15. The molecule has 1 atom stereocenters. The Labute approximate surface area is 175 Å². The highest BCUT2D eigenvalue weighted by Crippen LogP contribution is 2.25. The van der Waals surface area contributed by atoms with Gasteiger partial charge in [0, 0.05) is 17.8 Å². The number of hydrogen-bond acceptors (Lipinski definition) is 4. The number of anilines is 1. The SMILES string of the molecule is Cc1nc(C(C)OC(C)C)ccc1C(=O)Nc1cccc(Oc2cccc(F)c2)c1. The van der Waals surface area contributed by atoms with Gasteiger partial charge in [-0.25, -0.2) is 4.39 Å². The topological polar surface area (TPSA) is 60.5 Å². The molecule has 0 aliphatic heterocycles. The Bertz CT molecular complexity index is 1040.